The number of carbonyl (C=O) groups is 1. The molecule has 1 amide bonds. The van der Waals surface area contributed by atoms with Gasteiger partial charge in [-0.25, -0.2) is 9.97 Å². The maximum atomic E-state index is 13.2. The number of pyridine rings is 1. The molecule has 0 aliphatic heterocycles. The number of rotatable bonds is 4. The molecule has 130 valence electrons. The minimum Gasteiger partial charge on any atom is -0.350 e. The zero-order valence-electron chi connectivity index (χ0n) is 12.7. The van der Waals surface area contributed by atoms with Crippen molar-refractivity contribution in [3.63, 3.8) is 0 Å². The summed E-state index contributed by atoms with van der Waals surface area (Å²) in [5.74, 6) is -1.39. The van der Waals surface area contributed by atoms with Gasteiger partial charge < -0.3 is 9.88 Å². The van der Waals surface area contributed by atoms with E-state index in [-0.39, 0.29) is 30.2 Å². The summed E-state index contributed by atoms with van der Waals surface area (Å²) >= 11 is 3.27. The average molecular weight is 413 g/mol. The monoisotopic (exact) mass is 412 g/mol. The van der Waals surface area contributed by atoms with Crippen LogP contribution in [0.3, 0.4) is 0 Å². The second-order valence-electron chi connectivity index (χ2n) is 5.19. The maximum absolute atomic E-state index is 13.2. The standard InChI is InChI=1S/C16H12BrF3N4O/c17-11-5-3-10(4-6-11)14(25)22-8-9-24-13-12(2-1-7-21-13)23-15(24)16(18,19)20/h1-7H,8-9H2,(H,22,25). The third kappa shape index (κ3) is 3.81. The topological polar surface area (TPSA) is 59.8 Å². The van der Waals surface area contributed by atoms with E-state index in [1.165, 1.54) is 18.3 Å². The van der Waals surface area contributed by atoms with Gasteiger partial charge in [-0.15, -0.1) is 0 Å². The van der Waals surface area contributed by atoms with Gasteiger partial charge in [-0.2, -0.15) is 13.2 Å². The quantitative estimate of drug-likeness (QED) is 0.711. The normalized spacial score (nSPS) is 11.7. The van der Waals surface area contributed by atoms with Crippen LogP contribution in [0, 0.1) is 0 Å². The van der Waals surface area contributed by atoms with Gasteiger partial charge in [-0.05, 0) is 36.4 Å². The van der Waals surface area contributed by atoms with Gasteiger partial charge in [0.2, 0.25) is 5.82 Å². The summed E-state index contributed by atoms with van der Waals surface area (Å²) in [5.41, 5.74) is 0.717. The van der Waals surface area contributed by atoms with Crippen molar-refractivity contribution in [2.75, 3.05) is 6.54 Å². The predicted molar refractivity (Wildman–Crippen MR) is 89.0 cm³/mol. The lowest BCUT2D eigenvalue weighted by molar-refractivity contribution is -0.146. The van der Waals surface area contributed by atoms with Crippen molar-refractivity contribution in [1.82, 2.24) is 19.9 Å². The Hall–Kier alpha value is -2.42. The SMILES string of the molecule is O=C(NCCn1c(C(F)(F)F)nc2cccnc21)c1ccc(Br)cc1. The first-order chi connectivity index (χ1) is 11.9. The lowest BCUT2D eigenvalue weighted by Crippen LogP contribution is -2.28. The van der Waals surface area contributed by atoms with Crippen LogP contribution in [0.2, 0.25) is 0 Å². The number of hydrogen-bond acceptors (Lipinski definition) is 3. The van der Waals surface area contributed by atoms with Gasteiger partial charge >= 0.3 is 6.18 Å². The molecule has 3 aromatic rings. The predicted octanol–water partition coefficient (Wildman–Crippen LogP) is 3.64. The summed E-state index contributed by atoms with van der Waals surface area (Å²) in [6.45, 7) is -0.0787. The number of alkyl halides is 3. The summed E-state index contributed by atoms with van der Waals surface area (Å²) in [7, 11) is 0. The summed E-state index contributed by atoms with van der Waals surface area (Å²) in [4.78, 5) is 19.6. The average Bonchev–Trinajstić information content (AvgIpc) is 2.95. The molecule has 0 radical (unpaired) electrons. The third-order valence-corrected chi connectivity index (χ3v) is 4.01. The molecule has 0 unspecified atom stereocenters. The molecular formula is C16H12BrF3N4O. The highest BCUT2D eigenvalue weighted by molar-refractivity contribution is 9.10. The molecule has 0 aliphatic carbocycles. The smallest absolute Gasteiger partial charge is 0.350 e. The molecule has 9 heteroatoms. The Morgan fingerprint density at radius 2 is 1.92 bits per heavy atom. The number of halogens is 4. The van der Waals surface area contributed by atoms with Gasteiger partial charge in [-0.1, -0.05) is 15.9 Å². The highest BCUT2D eigenvalue weighted by Gasteiger charge is 2.37. The molecule has 0 atom stereocenters. The van der Waals surface area contributed by atoms with Crippen molar-refractivity contribution >= 4 is 33.0 Å². The fourth-order valence-corrected chi connectivity index (χ4v) is 2.64. The number of fused-ring (bicyclic) bond motifs is 1. The zero-order valence-corrected chi connectivity index (χ0v) is 14.3. The van der Waals surface area contributed by atoms with Crippen molar-refractivity contribution in [3.8, 4) is 0 Å². The van der Waals surface area contributed by atoms with Gasteiger partial charge in [-0.3, -0.25) is 4.79 Å². The molecule has 0 spiro atoms. The number of nitrogens with one attached hydrogen (secondary N) is 1. The van der Waals surface area contributed by atoms with Crippen LogP contribution in [0.1, 0.15) is 16.2 Å². The first-order valence-electron chi connectivity index (χ1n) is 7.28. The number of carbonyl (C=O) groups excluding carboxylic acids is 1. The molecule has 25 heavy (non-hydrogen) atoms. The van der Waals surface area contributed by atoms with E-state index in [4.69, 9.17) is 0 Å². The number of nitrogens with zero attached hydrogens (tertiary/aromatic N) is 3. The molecule has 2 heterocycles. The Bertz CT molecular complexity index is 906. The molecule has 0 saturated carbocycles. The first kappa shape index (κ1) is 17.4. The largest absolute Gasteiger partial charge is 0.449 e. The van der Waals surface area contributed by atoms with Gasteiger partial charge in [0, 0.05) is 29.3 Å². The molecular weight excluding hydrogens is 401 g/mol. The minimum atomic E-state index is -4.60. The van der Waals surface area contributed by atoms with Gasteiger partial charge in [0.1, 0.15) is 5.52 Å². The molecule has 1 aromatic carbocycles. The van der Waals surface area contributed by atoms with Gasteiger partial charge in [0.15, 0.2) is 5.65 Å². The lowest BCUT2D eigenvalue weighted by Gasteiger charge is -2.11. The van der Waals surface area contributed by atoms with Crippen LogP contribution in [0.5, 0.6) is 0 Å². The lowest BCUT2D eigenvalue weighted by atomic mass is 10.2. The van der Waals surface area contributed by atoms with Crippen LogP contribution in [0.25, 0.3) is 11.2 Å². The second-order valence-corrected chi connectivity index (χ2v) is 6.11. The van der Waals surface area contributed by atoms with Crippen molar-refractivity contribution in [1.29, 1.82) is 0 Å². The number of amides is 1. The van der Waals surface area contributed by atoms with Crippen LogP contribution in [0.15, 0.2) is 47.1 Å². The van der Waals surface area contributed by atoms with E-state index in [1.807, 2.05) is 0 Å². The number of hydrogen-bond donors (Lipinski definition) is 1. The summed E-state index contributed by atoms with van der Waals surface area (Å²) in [6, 6.07) is 9.65. The van der Waals surface area contributed by atoms with Crippen molar-refractivity contribution < 1.29 is 18.0 Å². The Morgan fingerprint density at radius 3 is 2.60 bits per heavy atom. The molecule has 0 bridgehead atoms. The highest BCUT2D eigenvalue weighted by Crippen LogP contribution is 2.30. The highest BCUT2D eigenvalue weighted by atomic mass is 79.9. The van der Waals surface area contributed by atoms with Crippen LogP contribution < -0.4 is 5.32 Å². The zero-order chi connectivity index (χ0) is 18.0. The molecule has 0 saturated heterocycles. The van der Waals surface area contributed by atoms with Crippen molar-refractivity contribution in [2.45, 2.75) is 12.7 Å². The molecule has 0 fully saturated rings. The fraction of sp³-hybridized carbons (Fsp3) is 0.188. The summed E-state index contributed by atoms with van der Waals surface area (Å²) < 4.78 is 41.3. The number of benzene rings is 1. The Labute approximate surface area is 149 Å². The Balaban J connectivity index is 1.76. The van der Waals surface area contributed by atoms with E-state index in [9.17, 15) is 18.0 Å². The molecule has 2 aromatic heterocycles. The van der Waals surface area contributed by atoms with E-state index in [0.29, 0.717) is 5.56 Å². The summed E-state index contributed by atoms with van der Waals surface area (Å²) in [5, 5.41) is 2.60. The van der Waals surface area contributed by atoms with E-state index >= 15 is 0 Å². The fourth-order valence-electron chi connectivity index (χ4n) is 2.37. The van der Waals surface area contributed by atoms with Crippen LogP contribution in [0.4, 0.5) is 13.2 Å². The van der Waals surface area contributed by atoms with E-state index in [2.05, 4.69) is 31.2 Å². The van der Waals surface area contributed by atoms with E-state index in [1.54, 1.807) is 24.3 Å². The number of aromatic nitrogens is 3. The number of imidazole rings is 1. The van der Waals surface area contributed by atoms with Crippen LogP contribution >= 0.6 is 15.9 Å². The first-order valence-corrected chi connectivity index (χ1v) is 8.08. The third-order valence-electron chi connectivity index (χ3n) is 3.48. The second kappa shape index (κ2) is 6.83. The van der Waals surface area contributed by atoms with E-state index in [0.717, 1.165) is 9.04 Å². The molecule has 0 aliphatic rings. The Kier molecular flexibility index (Phi) is 4.76. The maximum Gasteiger partial charge on any atom is 0.449 e. The van der Waals surface area contributed by atoms with Gasteiger partial charge in [0.05, 0.1) is 0 Å². The molecule has 3 rings (SSSR count). The summed E-state index contributed by atoms with van der Waals surface area (Å²) in [6.07, 6.45) is -3.20. The van der Waals surface area contributed by atoms with Crippen LogP contribution in [-0.2, 0) is 12.7 Å². The Morgan fingerprint density at radius 1 is 1.20 bits per heavy atom. The van der Waals surface area contributed by atoms with Gasteiger partial charge in [0.25, 0.3) is 5.91 Å². The molecule has 1 N–H and O–H groups in total. The minimum absolute atomic E-state index is 0.0139. The van der Waals surface area contributed by atoms with Crippen molar-refractivity contribution in [2.24, 2.45) is 0 Å². The molecule has 5 nitrogen and oxygen atoms in total. The van der Waals surface area contributed by atoms with E-state index < -0.39 is 12.0 Å². The van der Waals surface area contributed by atoms with Crippen molar-refractivity contribution in [3.05, 3.63) is 58.5 Å². The van der Waals surface area contributed by atoms with Crippen LogP contribution in [-0.4, -0.2) is 27.0 Å².